The quantitative estimate of drug-likeness (QED) is 0.804. The van der Waals surface area contributed by atoms with Crippen LogP contribution in [-0.4, -0.2) is 33.3 Å². The number of rotatable bonds is 7. The van der Waals surface area contributed by atoms with Crippen LogP contribution in [0, 0.1) is 13.8 Å². The summed E-state index contributed by atoms with van der Waals surface area (Å²) in [6.45, 7) is 5.34. The van der Waals surface area contributed by atoms with E-state index < -0.39 is 10.0 Å². The number of benzene rings is 1. The van der Waals surface area contributed by atoms with E-state index in [1.165, 1.54) is 0 Å². The van der Waals surface area contributed by atoms with Crippen molar-refractivity contribution in [3.05, 3.63) is 23.3 Å². The normalized spacial score (nSPS) is 13.2. The number of hydrogen-bond acceptors (Lipinski definition) is 4. The zero-order valence-corrected chi connectivity index (χ0v) is 13.3. The lowest BCUT2D eigenvalue weighted by molar-refractivity contribution is 0.270. The van der Waals surface area contributed by atoms with Gasteiger partial charge in [0.05, 0.1) is 12.0 Å². The predicted molar refractivity (Wildman–Crippen MR) is 78.6 cm³/mol. The molecule has 0 fully saturated rings. The fourth-order valence-corrected chi connectivity index (χ4v) is 4.04. The number of hydrogen-bond donors (Lipinski definition) is 2. The molecule has 0 bridgehead atoms. The number of sulfonamides is 1. The van der Waals surface area contributed by atoms with Crippen LogP contribution in [0.2, 0.25) is 0 Å². The zero-order valence-electron chi connectivity index (χ0n) is 12.4. The van der Waals surface area contributed by atoms with E-state index >= 15 is 0 Å². The predicted octanol–water partition coefficient (Wildman–Crippen LogP) is 1.75. The van der Waals surface area contributed by atoms with Crippen molar-refractivity contribution in [1.29, 1.82) is 0 Å². The first kappa shape index (κ1) is 16.9. The third-order valence-corrected chi connectivity index (χ3v) is 5.06. The second-order valence-electron chi connectivity index (χ2n) is 4.83. The molecule has 114 valence electrons. The molecule has 0 amide bonds. The van der Waals surface area contributed by atoms with Crippen LogP contribution in [-0.2, 0) is 10.0 Å². The van der Waals surface area contributed by atoms with Crippen LogP contribution in [0.25, 0.3) is 0 Å². The molecular weight excluding hydrogens is 278 g/mol. The molecular formula is C14H23NO4S. The van der Waals surface area contributed by atoms with Crippen molar-refractivity contribution in [2.24, 2.45) is 0 Å². The Balaban J connectivity index is 3.15. The molecule has 6 heteroatoms. The minimum Gasteiger partial charge on any atom is -0.497 e. The molecule has 2 N–H and O–H groups in total. The summed E-state index contributed by atoms with van der Waals surface area (Å²) in [5.41, 5.74) is 1.29. The minimum absolute atomic E-state index is 0.0401. The van der Waals surface area contributed by atoms with E-state index in [0.717, 1.165) is 0 Å². The highest BCUT2D eigenvalue weighted by atomic mass is 32.2. The first-order valence-corrected chi connectivity index (χ1v) is 8.12. The van der Waals surface area contributed by atoms with E-state index in [-0.39, 0.29) is 17.5 Å². The van der Waals surface area contributed by atoms with Gasteiger partial charge in [-0.1, -0.05) is 6.92 Å². The maximum Gasteiger partial charge on any atom is 0.241 e. The Kier molecular flexibility index (Phi) is 5.98. The Hall–Kier alpha value is -1.11. The molecule has 5 nitrogen and oxygen atoms in total. The van der Waals surface area contributed by atoms with Gasteiger partial charge in [0.1, 0.15) is 5.75 Å². The number of aliphatic hydroxyl groups excluding tert-OH is 1. The van der Waals surface area contributed by atoms with Crippen molar-refractivity contribution in [2.75, 3.05) is 13.7 Å². The molecule has 0 heterocycles. The summed E-state index contributed by atoms with van der Waals surface area (Å²) in [6, 6.07) is 3.15. The molecule has 0 spiro atoms. The van der Waals surface area contributed by atoms with Gasteiger partial charge in [-0.05, 0) is 49.9 Å². The minimum atomic E-state index is -3.60. The van der Waals surface area contributed by atoms with E-state index in [1.54, 1.807) is 33.1 Å². The number of ether oxygens (including phenoxy) is 1. The highest BCUT2D eigenvalue weighted by molar-refractivity contribution is 7.89. The summed E-state index contributed by atoms with van der Waals surface area (Å²) in [4.78, 5) is 0.287. The molecule has 0 aliphatic heterocycles. The average Bonchev–Trinajstić information content (AvgIpc) is 2.36. The van der Waals surface area contributed by atoms with Gasteiger partial charge in [-0.25, -0.2) is 13.1 Å². The standard InChI is InChI=1S/C14H23NO4S/c1-5-12(6-7-16)15-20(17,18)14-10(2)8-13(19-4)9-11(14)3/h8-9,12,15-16H,5-7H2,1-4H3. The molecule has 20 heavy (non-hydrogen) atoms. The summed E-state index contributed by atoms with van der Waals surface area (Å²) in [5.74, 6) is 0.640. The number of aryl methyl sites for hydroxylation is 2. The lowest BCUT2D eigenvalue weighted by atomic mass is 10.1. The fourth-order valence-electron chi connectivity index (χ4n) is 2.23. The van der Waals surface area contributed by atoms with Crippen LogP contribution in [0.5, 0.6) is 5.75 Å². The first-order valence-electron chi connectivity index (χ1n) is 6.64. The molecule has 0 radical (unpaired) electrons. The van der Waals surface area contributed by atoms with E-state index in [2.05, 4.69) is 4.72 Å². The Bertz CT molecular complexity index is 531. The summed E-state index contributed by atoms with van der Waals surface area (Å²) in [5, 5.41) is 8.96. The maximum atomic E-state index is 12.5. The van der Waals surface area contributed by atoms with Crippen molar-refractivity contribution in [3.8, 4) is 5.75 Å². The lowest BCUT2D eigenvalue weighted by Gasteiger charge is -2.18. The Labute approximate surface area is 121 Å². The Morgan fingerprint density at radius 3 is 2.25 bits per heavy atom. The smallest absolute Gasteiger partial charge is 0.241 e. The van der Waals surface area contributed by atoms with E-state index in [4.69, 9.17) is 9.84 Å². The van der Waals surface area contributed by atoms with Gasteiger partial charge >= 0.3 is 0 Å². The second kappa shape index (κ2) is 7.06. The summed E-state index contributed by atoms with van der Waals surface area (Å²) in [6.07, 6.45) is 1.04. The van der Waals surface area contributed by atoms with Gasteiger partial charge in [0, 0.05) is 12.6 Å². The van der Waals surface area contributed by atoms with E-state index in [1.807, 2.05) is 6.92 Å². The van der Waals surface area contributed by atoms with Gasteiger partial charge in [-0.15, -0.1) is 0 Å². The summed E-state index contributed by atoms with van der Waals surface area (Å²) in [7, 11) is -2.05. The molecule has 1 aromatic rings. The summed E-state index contributed by atoms with van der Waals surface area (Å²) < 4.78 is 32.8. The topological polar surface area (TPSA) is 75.6 Å². The van der Waals surface area contributed by atoms with Crippen LogP contribution in [0.1, 0.15) is 30.9 Å². The lowest BCUT2D eigenvalue weighted by Crippen LogP contribution is -2.35. The van der Waals surface area contributed by atoms with Crippen LogP contribution in [0.4, 0.5) is 0 Å². The van der Waals surface area contributed by atoms with Crippen molar-refractivity contribution < 1.29 is 18.3 Å². The third kappa shape index (κ3) is 3.94. The number of aliphatic hydroxyl groups is 1. The SMILES string of the molecule is CCC(CCO)NS(=O)(=O)c1c(C)cc(OC)cc1C. The van der Waals surface area contributed by atoms with Gasteiger partial charge < -0.3 is 9.84 Å². The van der Waals surface area contributed by atoms with Crippen LogP contribution in [0.3, 0.4) is 0 Å². The van der Waals surface area contributed by atoms with Gasteiger partial charge in [0.2, 0.25) is 10.0 Å². The number of methoxy groups -OCH3 is 1. The van der Waals surface area contributed by atoms with Crippen LogP contribution >= 0.6 is 0 Å². The molecule has 1 atom stereocenters. The molecule has 1 unspecified atom stereocenters. The largest absolute Gasteiger partial charge is 0.497 e. The van der Waals surface area contributed by atoms with E-state index in [9.17, 15) is 8.42 Å². The fraction of sp³-hybridized carbons (Fsp3) is 0.571. The molecule has 0 aliphatic rings. The zero-order chi connectivity index (χ0) is 15.3. The molecule has 0 aliphatic carbocycles. The van der Waals surface area contributed by atoms with Crippen LogP contribution < -0.4 is 9.46 Å². The Morgan fingerprint density at radius 1 is 1.30 bits per heavy atom. The van der Waals surface area contributed by atoms with Gasteiger partial charge in [0.15, 0.2) is 0 Å². The molecule has 0 aromatic heterocycles. The van der Waals surface area contributed by atoms with Gasteiger partial charge in [-0.2, -0.15) is 0 Å². The van der Waals surface area contributed by atoms with Gasteiger partial charge in [0.25, 0.3) is 0 Å². The summed E-state index contributed by atoms with van der Waals surface area (Å²) >= 11 is 0. The van der Waals surface area contributed by atoms with Crippen LogP contribution in [0.15, 0.2) is 17.0 Å². The highest BCUT2D eigenvalue weighted by Gasteiger charge is 2.23. The number of nitrogens with one attached hydrogen (secondary N) is 1. The molecule has 0 saturated carbocycles. The van der Waals surface area contributed by atoms with E-state index in [0.29, 0.717) is 29.7 Å². The third-order valence-electron chi connectivity index (χ3n) is 3.23. The molecule has 1 rings (SSSR count). The average molecular weight is 301 g/mol. The van der Waals surface area contributed by atoms with Crippen molar-refractivity contribution in [3.63, 3.8) is 0 Å². The highest BCUT2D eigenvalue weighted by Crippen LogP contribution is 2.26. The van der Waals surface area contributed by atoms with Gasteiger partial charge in [-0.3, -0.25) is 0 Å². The monoisotopic (exact) mass is 301 g/mol. The molecule has 0 saturated heterocycles. The molecule has 1 aromatic carbocycles. The second-order valence-corrected chi connectivity index (χ2v) is 6.48. The van der Waals surface area contributed by atoms with Crippen molar-refractivity contribution in [1.82, 2.24) is 4.72 Å². The Morgan fingerprint density at radius 2 is 1.85 bits per heavy atom. The first-order chi connectivity index (χ1) is 9.35. The maximum absolute atomic E-state index is 12.5. The van der Waals surface area contributed by atoms with Crippen molar-refractivity contribution in [2.45, 2.75) is 44.6 Å². The van der Waals surface area contributed by atoms with Crippen molar-refractivity contribution >= 4 is 10.0 Å².